The summed E-state index contributed by atoms with van der Waals surface area (Å²) in [5.41, 5.74) is 1.01. The monoisotopic (exact) mass is 383 g/mol. The highest BCUT2D eigenvalue weighted by Crippen LogP contribution is 2.16. The van der Waals surface area contributed by atoms with E-state index >= 15 is 0 Å². The van der Waals surface area contributed by atoms with Gasteiger partial charge in [-0.05, 0) is 19.1 Å². The maximum Gasteiger partial charge on any atom is 0.277 e. The lowest BCUT2D eigenvalue weighted by Crippen LogP contribution is -3.15. The van der Waals surface area contributed by atoms with E-state index < -0.39 is 10.0 Å². The van der Waals surface area contributed by atoms with Crippen LogP contribution in [-0.4, -0.2) is 82.8 Å². The molecule has 0 spiro atoms. The molecule has 0 atom stereocenters. The van der Waals surface area contributed by atoms with Crippen molar-refractivity contribution >= 4 is 21.8 Å². The lowest BCUT2D eigenvalue weighted by molar-refractivity contribution is -0.895. The molecule has 2 N–H and O–H groups in total. The third kappa shape index (κ3) is 5.03. The molecule has 9 heteroatoms. The number of aryl methyl sites for hydroxylation is 1. The number of carbonyl (C=O) groups is 2. The van der Waals surface area contributed by atoms with Crippen LogP contribution in [0.4, 0.5) is 0 Å². The summed E-state index contributed by atoms with van der Waals surface area (Å²) in [7, 11) is -0.375. The number of hydrogen-bond acceptors (Lipinski definition) is 4. The van der Waals surface area contributed by atoms with Crippen molar-refractivity contribution in [3.05, 3.63) is 29.8 Å². The van der Waals surface area contributed by atoms with Gasteiger partial charge in [-0.1, -0.05) is 17.7 Å². The van der Waals surface area contributed by atoms with Crippen LogP contribution in [0.2, 0.25) is 0 Å². The van der Waals surface area contributed by atoms with Crippen molar-refractivity contribution in [1.29, 1.82) is 0 Å². The van der Waals surface area contributed by atoms with Crippen molar-refractivity contribution in [3.63, 3.8) is 0 Å². The third-order valence-electron chi connectivity index (χ3n) is 4.57. The highest BCUT2D eigenvalue weighted by molar-refractivity contribution is 7.89. The summed E-state index contributed by atoms with van der Waals surface area (Å²) in [6.45, 7) is 4.06. The molecule has 1 heterocycles. The lowest BCUT2D eigenvalue weighted by Gasteiger charge is -2.31. The Morgan fingerprint density at radius 2 is 1.77 bits per heavy atom. The highest BCUT2D eigenvalue weighted by Gasteiger charge is 2.31. The summed E-state index contributed by atoms with van der Waals surface area (Å²) in [6, 6.07) is 6.83. The van der Waals surface area contributed by atoms with Gasteiger partial charge in [0.05, 0.1) is 37.6 Å². The number of nitrogens with zero attached hydrogens (tertiary/aromatic N) is 2. The number of sulfonamides is 1. The standard InChI is InChI=1S/C17H26N4O4S/c1-14-4-6-15(7-5-14)26(24,25)21-10-8-20(9-11-21)13-17(23)19(3)12-16(22)18-2/h4-7H,8-13H2,1-3H3,(H,18,22)/p+1. The van der Waals surface area contributed by atoms with Crippen LogP contribution in [0.15, 0.2) is 29.2 Å². The van der Waals surface area contributed by atoms with Crippen molar-refractivity contribution in [1.82, 2.24) is 14.5 Å². The van der Waals surface area contributed by atoms with Gasteiger partial charge in [-0.25, -0.2) is 8.42 Å². The van der Waals surface area contributed by atoms with Crippen LogP contribution in [-0.2, 0) is 19.6 Å². The topological polar surface area (TPSA) is 91.2 Å². The van der Waals surface area contributed by atoms with Gasteiger partial charge in [0.25, 0.3) is 5.91 Å². The summed E-state index contributed by atoms with van der Waals surface area (Å²) < 4.78 is 26.8. The second kappa shape index (κ2) is 8.61. The molecule has 1 aliphatic heterocycles. The smallest absolute Gasteiger partial charge is 0.277 e. The zero-order valence-corrected chi connectivity index (χ0v) is 16.3. The molecule has 1 fully saturated rings. The Labute approximate surface area is 154 Å². The van der Waals surface area contributed by atoms with Gasteiger partial charge in [-0.2, -0.15) is 4.31 Å². The number of hydrogen-bond donors (Lipinski definition) is 2. The molecule has 1 aliphatic rings. The van der Waals surface area contributed by atoms with Crippen LogP contribution in [0.3, 0.4) is 0 Å². The molecule has 2 amide bonds. The van der Waals surface area contributed by atoms with Crippen molar-refractivity contribution in [2.45, 2.75) is 11.8 Å². The molecule has 26 heavy (non-hydrogen) atoms. The Bertz CT molecular complexity index is 741. The SMILES string of the molecule is CNC(=O)CN(C)C(=O)C[NH+]1CCN(S(=O)(=O)c2ccc(C)cc2)CC1. The Morgan fingerprint density at radius 1 is 1.19 bits per heavy atom. The van der Waals surface area contributed by atoms with Gasteiger partial charge in [0, 0.05) is 14.1 Å². The fourth-order valence-electron chi connectivity index (χ4n) is 2.81. The molecule has 1 saturated heterocycles. The molecule has 1 aromatic carbocycles. The zero-order valence-electron chi connectivity index (χ0n) is 15.5. The zero-order chi connectivity index (χ0) is 19.3. The van der Waals surface area contributed by atoms with Gasteiger partial charge in [-0.3, -0.25) is 9.59 Å². The van der Waals surface area contributed by atoms with E-state index in [0.29, 0.717) is 31.1 Å². The van der Waals surface area contributed by atoms with Gasteiger partial charge in [-0.15, -0.1) is 0 Å². The number of carbonyl (C=O) groups excluding carboxylic acids is 2. The van der Waals surface area contributed by atoms with Gasteiger partial charge < -0.3 is 15.1 Å². The molecule has 2 rings (SSSR count). The number of rotatable bonds is 6. The first-order valence-electron chi connectivity index (χ1n) is 8.59. The van der Waals surface area contributed by atoms with Crippen molar-refractivity contribution in [2.75, 3.05) is 53.4 Å². The number of likely N-dealkylation sites (N-methyl/N-ethyl adjacent to an activating group) is 2. The van der Waals surface area contributed by atoms with Crippen LogP contribution in [0.25, 0.3) is 0 Å². The van der Waals surface area contributed by atoms with Crippen LogP contribution in [0.1, 0.15) is 5.56 Å². The third-order valence-corrected chi connectivity index (χ3v) is 6.49. The predicted octanol–water partition coefficient (Wildman–Crippen LogP) is -1.91. The molecular weight excluding hydrogens is 356 g/mol. The molecule has 0 saturated carbocycles. The number of amides is 2. The maximum atomic E-state index is 12.7. The van der Waals surface area contributed by atoms with E-state index in [4.69, 9.17) is 0 Å². The Hall–Kier alpha value is -1.97. The second-order valence-corrected chi connectivity index (χ2v) is 8.50. The molecule has 0 radical (unpaired) electrons. The highest BCUT2D eigenvalue weighted by atomic mass is 32.2. The summed E-state index contributed by atoms with van der Waals surface area (Å²) in [4.78, 5) is 26.2. The molecule has 1 aromatic rings. The van der Waals surface area contributed by atoms with Gasteiger partial charge in [0.2, 0.25) is 15.9 Å². The average molecular weight is 383 g/mol. The molecule has 0 bridgehead atoms. The molecular formula is C17H27N4O4S+. The normalized spacial score (nSPS) is 16.3. The number of quaternary nitrogens is 1. The second-order valence-electron chi connectivity index (χ2n) is 6.57. The van der Waals surface area contributed by atoms with E-state index in [2.05, 4.69) is 5.32 Å². The largest absolute Gasteiger partial charge is 0.358 e. The first kappa shape index (κ1) is 20.3. The summed E-state index contributed by atoms with van der Waals surface area (Å²) >= 11 is 0. The lowest BCUT2D eigenvalue weighted by atomic mass is 10.2. The first-order valence-corrected chi connectivity index (χ1v) is 10.0. The first-order chi connectivity index (χ1) is 12.2. The summed E-state index contributed by atoms with van der Waals surface area (Å²) in [5.74, 6) is -0.344. The van der Waals surface area contributed by atoms with E-state index in [1.807, 2.05) is 6.92 Å². The van der Waals surface area contributed by atoms with Crippen molar-refractivity contribution in [2.24, 2.45) is 0 Å². The van der Waals surface area contributed by atoms with Gasteiger partial charge >= 0.3 is 0 Å². The molecule has 144 valence electrons. The van der Waals surface area contributed by atoms with E-state index in [9.17, 15) is 18.0 Å². The fourth-order valence-corrected chi connectivity index (χ4v) is 4.25. The minimum Gasteiger partial charge on any atom is -0.358 e. The Balaban J connectivity index is 1.89. The molecule has 0 aliphatic carbocycles. The quantitative estimate of drug-likeness (QED) is 0.600. The number of piperazine rings is 1. The van der Waals surface area contributed by atoms with E-state index in [1.165, 1.54) is 16.3 Å². The fraction of sp³-hybridized carbons (Fsp3) is 0.529. The predicted molar refractivity (Wildman–Crippen MR) is 97.2 cm³/mol. The van der Waals surface area contributed by atoms with E-state index in [1.54, 1.807) is 31.3 Å². The van der Waals surface area contributed by atoms with E-state index in [-0.39, 0.29) is 24.9 Å². The number of nitrogens with one attached hydrogen (secondary N) is 2. The summed E-state index contributed by atoms with van der Waals surface area (Å²) in [6.07, 6.45) is 0. The van der Waals surface area contributed by atoms with Crippen LogP contribution in [0.5, 0.6) is 0 Å². The van der Waals surface area contributed by atoms with Crippen molar-refractivity contribution in [3.8, 4) is 0 Å². The Morgan fingerprint density at radius 3 is 2.31 bits per heavy atom. The molecule has 8 nitrogen and oxygen atoms in total. The van der Waals surface area contributed by atoms with Crippen LogP contribution in [0, 0.1) is 6.92 Å². The van der Waals surface area contributed by atoms with Gasteiger partial charge in [0.15, 0.2) is 6.54 Å². The summed E-state index contributed by atoms with van der Waals surface area (Å²) in [5, 5.41) is 2.48. The average Bonchev–Trinajstić information content (AvgIpc) is 2.62. The minimum atomic E-state index is -3.49. The van der Waals surface area contributed by atoms with Crippen molar-refractivity contribution < 1.29 is 22.9 Å². The Kier molecular flexibility index (Phi) is 6.74. The van der Waals surface area contributed by atoms with E-state index in [0.717, 1.165) is 10.5 Å². The minimum absolute atomic E-state index is 0.0243. The maximum absolute atomic E-state index is 12.7. The van der Waals surface area contributed by atoms with Crippen LogP contribution >= 0.6 is 0 Å². The van der Waals surface area contributed by atoms with Crippen LogP contribution < -0.4 is 10.2 Å². The molecule has 0 aromatic heterocycles. The molecule has 0 unspecified atom stereocenters. The van der Waals surface area contributed by atoms with Gasteiger partial charge in [0.1, 0.15) is 0 Å². The number of benzene rings is 1.